The van der Waals surface area contributed by atoms with Crippen molar-refractivity contribution in [3.63, 3.8) is 0 Å². The van der Waals surface area contributed by atoms with Crippen molar-refractivity contribution in [1.29, 1.82) is 0 Å². The summed E-state index contributed by atoms with van der Waals surface area (Å²) < 4.78 is 3.71. The molecule has 0 atom stereocenters. The first-order valence-corrected chi connectivity index (χ1v) is 2.23. The highest BCUT2D eigenvalue weighted by Gasteiger charge is 1.82. The fourth-order valence-electron chi connectivity index (χ4n) is 0.169. The predicted octanol–water partition coefficient (Wildman–Crippen LogP) is 0.786. The first-order chi connectivity index (χ1) is 3.00. The van der Waals surface area contributed by atoms with E-state index in [2.05, 4.69) is 15.3 Å². The molecule has 1 rings (SSSR count). The SMILES string of the molecule is [C]1N=CC=NS1. The van der Waals surface area contributed by atoms with Gasteiger partial charge in [-0.05, 0) is 0 Å². The third kappa shape index (κ3) is 0.825. The maximum Gasteiger partial charge on any atom is 0.206 e. The van der Waals surface area contributed by atoms with Crippen molar-refractivity contribution in [3.8, 4) is 0 Å². The van der Waals surface area contributed by atoms with Gasteiger partial charge in [0.15, 0.2) is 0 Å². The molecule has 2 nitrogen and oxygen atoms in total. The van der Waals surface area contributed by atoms with E-state index in [0.717, 1.165) is 0 Å². The third-order valence-electron chi connectivity index (χ3n) is 0.348. The van der Waals surface area contributed by atoms with Gasteiger partial charge in [-0.2, -0.15) is 0 Å². The molecular formula is C3H2N2S. The molecule has 2 radical (unpaired) electrons. The number of hydrogen-bond donors (Lipinski definition) is 0. The van der Waals surface area contributed by atoms with Crippen LogP contribution in [0, 0.1) is 5.88 Å². The minimum Gasteiger partial charge on any atom is -0.265 e. The van der Waals surface area contributed by atoms with E-state index in [1.165, 1.54) is 11.9 Å². The Balaban J connectivity index is 2.46. The molecule has 0 unspecified atom stereocenters. The van der Waals surface area contributed by atoms with Gasteiger partial charge in [-0.15, -0.1) is 0 Å². The van der Waals surface area contributed by atoms with Crippen molar-refractivity contribution >= 4 is 24.4 Å². The lowest BCUT2D eigenvalue weighted by Crippen LogP contribution is -1.76. The summed E-state index contributed by atoms with van der Waals surface area (Å²) in [5.74, 6) is 2.57. The van der Waals surface area contributed by atoms with Crippen LogP contribution in [0.2, 0.25) is 0 Å². The quantitative estimate of drug-likeness (QED) is 0.411. The Labute approximate surface area is 40.5 Å². The molecular weight excluding hydrogens is 96.1 g/mol. The van der Waals surface area contributed by atoms with E-state index in [1.807, 2.05) is 0 Å². The van der Waals surface area contributed by atoms with Crippen molar-refractivity contribution < 1.29 is 0 Å². The molecule has 3 heteroatoms. The Hall–Kier alpha value is -0.310. The summed E-state index contributed by atoms with van der Waals surface area (Å²) in [4.78, 5) is 3.62. The van der Waals surface area contributed by atoms with Crippen LogP contribution in [0.5, 0.6) is 0 Å². The van der Waals surface area contributed by atoms with Crippen LogP contribution in [0.4, 0.5) is 0 Å². The number of aliphatic imine (C=N–C) groups is 1. The molecule has 0 saturated carbocycles. The highest BCUT2D eigenvalue weighted by molar-refractivity contribution is 8.00. The molecule has 1 heterocycles. The second-order valence-electron chi connectivity index (χ2n) is 0.715. The Bertz CT molecular complexity index is 74.8. The molecule has 30 valence electrons. The van der Waals surface area contributed by atoms with E-state index in [4.69, 9.17) is 0 Å². The fraction of sp³-hybridized carbons (Fsp3) is 0. The summed E-state index contributed by atoms with van der Waals surface area (Å²) in [7, 11) is 0. The van der Waals surface area contributed by atoms with Gasteiger partial charge in [-0.1, -0.05) is 0 Å². The second kappa shape index (κ2) is 1.97. The van der Waals surface area contributed by atoms with Crippen LogP contribution >= 0.6 is 11.9 Å². The zero-order valence-electron chi connectivity index (χ0n) is 2.96. The maximum absolute atomic E-state index is 3.71. The van der Waals surface area contributed by atoms with Crippen LogP contribution < -0.4 is 0 Å². The molecule has 0 fully saturated rings. The third-order valence-corrected chi connectivity index (χ3v) is 0.762. The second-order valence-corrected chi connectivity index (χ2v) is 1.29. The van der Waals surface area contributed by atoms with E-state index in [0.29, 0.717) is 0 Å². The molecule has 0 aromatic heterocycles. The molecule has 0 spiro atoms. The summed E-state index contributed by atoms with van der Waals surface area (Å²) in [6.07, 6.45) is 3.22. The van der Waals surface area contributed by atoms with Gasteiger partial charge in [0.1, 0.15) is 0 Å². The fourth-order valence-corrected chi connectivity index (χ4v) is 0.439. The van der Waals surface area contributed by atoms with E-state index >= 15 is 0 Å². The van der Waals surface area contributed by atoms with Crippen molar-refractivity contribution in [2.24, 2.45) is 9.39 Å². The average molecular weight is 98.1 g/mol. The highest BCUT2D eigenvalue weighted by Crippen LogP contribution is 2.07. The first kappa shape index (κ1) is 3.87. The standard InChI is InChI=1S/C3H2N2S/c1-2-5-6-3-4-1/h1-2H. The maximum atomic E-state index is 3.71. The van der Waals surface area contributed by atoms with Gasteiger partial charge in [0.05, 0.1) is 6.21 Å². The van der Waals surface area contributed by atoms with Crippen LogP contribution in [-0.4, -0.2) is 12.4 Å². The van der Waals surface area contributed by atoms with Gasteiger partial charge < -0.3 is 0 Å². The van der Waals surface area contributed by atoms with E-state index < -0.39 is 0 Å². The number of rotatable bonds is 0. The van der Waals surface area contributed by atoms with Gasteiger partial charge in [-0.3, -0.25) is 4.99 Å². The highest BCUT2D eigenvalue weighted by atomic mass is 32.2. The predicted molar refractivity (Wildman–Crippen MR) is 27.8 cm³/mol. The van der Waals surface area contributed by atoms with E-state index in [9.17, 15) is 0 Å². The summed E-state index contributed by atoms with van der Waals surface area (Å²) >= 11 is 1.22. The van der Waals surface area contributed by atoms with Crippen molar-refractivity contribution in [2.75, 3.05) is 0 Å². The van der Waals surface area contributed by atoms with Crippen molar-refractivity contribution in [2.45, 2.75) is 0 Å². The molecule has 0 aliphatic carbocycles. The van der Waals surface area contributed by atoms with Crippen LogP contribution in [0.3, 0.4) is 0 Å². The lowest BCUT2D eigenvalue weighted by Gasteiger charge is -1.85. The summed E-state index contributed by atoms with van der Waals surface area (Å²) in [5.41, 5.74) is 0. The normalized spacial score (nSPS) is 18.7. The van der Waals surface area contributed by atoms with Gasteiger partial charge in [0, 0.05) is 18.2 Å². The zero-order valence-corrected chi connectivity index (χ0v) is 3.77. The largest absolute Gasteiger partial charge is 0.265 e. The van der Waals surface area contributed by atoms with E-state index in [-0.39, 0.29) is 0 Å². The van der Waals surface area contributed by atoms with Gasteiger partial charge in [-0.25, -0.2) is 4.40 Å². The molecule has 0 N–H and O–H groups in total. The molecule has 0 saturated heterocycles. The summed E-state index contributed by atoms with van der Waals surface area (Å²) in [5, 5.41) is 0. The smallest absolute Gasteiger partial charge is 0.206 e. The minimum atomic E-state index is 1.22. The molecule has 1 aliphatic heterocycles. The Morgan fingerprint density at radius 2 is 2.50 bits per heavy atom. The number of nitrogens with zero attached hydrogens (tertiary/aromatic N) is 2. The Kier molecular flexibility index (Phi) is 1.27. The first-order valence-electron chi connectivity index (χ1n) is 1.46. The summed E-state index contributed by atoms with van der Waals surface area (Å²) in [6, 6.07) is 0. The number of hydrogen-bond acceptors (Lipinski definition) is 3. The topological polar surface area (TPSA) is 24.7 Å². The zero-order chi connectivity index (χ0) is 4.24. The molecule has 6 heavy (non-hydrogen) atoms. The molecule has 0 amide bonds. The van der Waals surface area contributed by atoms with Crippen LogP contribution in [-0.2, 0) is 0 Å². The minimum absolute atomic E-state index is 1.22. The van der Waals surface area contributed by atoms with Gasteiger partial charge >= 0.3 is 0 Å². The van der Waals surface area contributed by atoms with Gasteiger partial charge in [0.25, 0.3) is 0 Å². The van der Waals surface area contributed by atoms with Crippen LogP contribution in [0.25, 0.3) is 0 Å². The van der Waals surface area contributed by atoms with Crippen LogP contribution in [0.15, 0.2) is 9.39 Å². The molecule has 1 aliphatic rings. The van der Waals surface area contributed by atoms with Crippen LogP contribution in [0.1, 0.15) is 0 Å². The lowest BCUT2D eigenvalue weighted by atomic mass is 10.8. The molecule has 0 bridgehead atoms. The van der Waals surface area contributed by atoms with Gasteiger partial charge in [0.2, 0.25) is 5.88 Å². The van der Waals surface area contributed by atoms with Crippen molar-refractivity contribution in [1.82, 2.24) is 0 Å². The summed E-state index contributed by atoms with van der Waals surface area (Å²) in [6.45, 7) is 0. The lowest BCUT2D eigenvalue weighted by molar-refractivity contribution is 1.56. The molecule has 0 aromatic rings. The molecule has 0 aromatic carbocycles. The Morgan fingerprint density at radius 3 is 2.67 bits per heavy atom. The Morgan fingerprint density at radius 1 is 1.50 bits per heavy atom. The monoisotopic (exact) mass is 98.0 g/mol. The van der Waals surface area contributed by atoms with Crippen molar-refractivity contribution in [3.05, 3.63) is 5.88 Å². The average Bonchev–Trinajstić information content (AvgIpc) is 1.72. The van der Waals surface area contributed by atoms with E-state index in [1.54, 1.807) is 12.4 Å².